The first-order valence-corrected chi connectivity index (χ1v) is 8.51. The molecule has 126 valence electrons. The molecule has 0 fully saturated rings. The molecule has 0 atom stereocenters. The highest BCUT2D eigenvalue weighted by Crippen LogP contribution is 2.16. The van der Waals surface area contributed by atoms with E-state index in [1.807, 2.05) is 27.7 Å². The van der Waals surface area contributed by atoms with Gasteiger partial charge in [0.25, 0.3) is 0 Å². The number of nitrogens with zero attached hydrogens (tertiary/aromatic N) is 4. The number of thiazole rings is 1. The van der Waals surface area contributed by atoms with E-state index in [1.54, 1.807) is 18.4 Å². The molecule has 0 aromatic carbocycles. The van der Waals surface area contributed by atoms with Crippen LogP contribution in [-0.4, -0.2) is 34.7 Å². The zero-order chi connectivity index (χ0) is 16.8. The minimum Gasteiger partial charge on any atom is -0.356 e. The monoisotopic (exact) mass is 336 g/mol. The molecule has 7 nitrogen and oxygen atoms in total. The summed E-state index contributed by atoms with van der Waals surface area (Å²) < 4.78 is 5.22. The molecule has 8 heteroatoms. The molecule has 2 N–H and O–H groups in total. The van der Waals surface area contributed by atoms with Crippen molar-refractivity contribution in [1.29, 1.82) is 0 Å². The van der Waals surface area contributed by atoms with E-state index in [-0.39, 0.29) is 5.92 Å². The summed E-state index contributed by atoms with van der Waals surface area (Å²) in [6, 6.07) is 0. The summed E-state index contributed by atoms with van der Waals surface area (Å²) >= 11 is 1.70. The molecule has 0 aliphatic heterocycles. The van der Waals surface area contributed by atoms with E-state index in [2.05, 4.69) is 30.8 Å². The van der Waals surface area contributed by atoms with E-state index in [0.717, 1.165) is 29.0 Å². The molecule has 2 rings (SSSR count). The third-order valence-corrected chi connectivity index (χ3v) is 4.34. The van der Waals surface area contributed by atoms with Crippen LogP contribution < -0.4 is 10.6 Å². The molecule has 0 radical (unpaired) electrons. The normalized spacial score (nSPS) is 12.0. The first-order chi connectivity index (χ1) is 11.0. The minimum atomic E-state index is 0.279. The van der Waals surface area contributed by atoms with Gasteiger partial charge in [-0.2, -0.15) is 4.98 Å². The van der Waals surface area contributed by atoms with Crippen molar-refractivity contribution in [2.75, 3.05) is 13.6 Å². The summed E-state index contributed by atoms with van der Waals surface area (Å²) in [5, 5.41) is 11.6. The molecule has 0 aliphatic rings. The molecule has 2 heterocycles. The first kappa shape index (κ1) is 17.4. The predicted octanol–water partition coefficient (Wildman–Crippen LogP) is 2.17. The van der Waals surface area contributed by atoms with Crippen molar-refractivity contribution in [2.24, 2.45) is 4.99 Å². The van der Waals surface area contributed by atoms with Crippen LogP contribution >= 0.6 is 11.3 Å². The second kappa shape index (κ2) is 8.05. The van der Waals surface area contributed by atoms with E-state index in [0.29, 0.717) is 18.9 Å². The predicted molar refractivity (Wildman–Crippen MR) is 91.9 cm³/mol. The number of hydrogen-bond acceptors (Lipinski definition) is 6. The average Bonchev–Trinajstić information content (AvgIpc) is 3.09. The number of aryl methyl sites for hydroxylation is 2. The van der Waals surface area contributed by atoms with Gasteiger partial charge in [0.1, 0.15) is 0 Å². The number of rotatable bonds is 6. The zero-order valence-corrected chi connectivity index (χ0v) is 15.1. The quantitative estimate of drug-likeness (QED) is 0.621. The fourth-order valence-electron chi connectivity index (χ4n) is 2.01. The fourth-order valence-corrected chi connectivity index (χ4v) is 2.89. The maximum absolute atomic E-state index is 5.22. The Kier molecular flexibility index (Phi) is 6.09. The first-order valence-electron chi connectivity index (χ1n) is 7.69. The second-order valence-electron chi connectivity index (χ2n) is 5.55. The van der Waals surface area contributed by atoms with Crippen LogP contribution in [0.15, 0.2) is 9.52 Å². The summed E-state index contributed by atoms with van der Waals surface area (Å²) in [5.74, 6) is 2.42. The molecule has 0 unspecified atom stereocenters. The largest absolute Gasteiger partial charge is 0.356 e. The van der Waals surface area contributed by atoms with Crippen LogP contribution in [0.1, 0.15) is 47.1 Å². The van der Waals surface area contributed by atoms with Crippen molar-refractivity contribution in [3.63, 3.8) is 0 Å². The highest BCUT2D eigenvalue weighted by Gasteiger charge is 2.10. The van der Waals surface area contributed by atoms with Crippen LogP contribution in [-0.2, 0) is 13.0 Å². The van der Waals surface area contributed by atoms with Gasteiger partial charge >= 0.3 is 0 Å². The summed E-state index contributed by atoms with van der Waals surface area (Å²) in [4.78, 5) is 14.2. The molecule has 0 saturated carbocycles. The van der Waals surface area contributed by atoms with Crippen LogP contribution in [0.4, 0.5) is 0 Å². The van der Waals surface area contributed by atoms with Crippen molar-refractivity contribution >= 4 is 17.3 Å². The van der Waals surface area contributed by atoms with Crippen LogP contribution in [0, 0.1) is 13.8 Å². The molecule has 0 aliphatic carbocycles. The smallest absolute Gasteiger partial charge is 0.228 e. The zero-order valence-electron chi connectivity index (χ0n) is 14.3. The summed E-state index contributed by atoms with van der Waals surface area (Å²) in [6.45, 7) is 9.53. The molecular formula is C15H24N6OS. The van der Waals surface area contributed by atoms with Crippen molar-refractivity contribution in [2.45, 2.75) is 46.6 Å². The van der Waals surface area contributed by atoms with Crippen molar-refractivity contribution in [3.05, 3.63) is 27.3 Å². The number of hydrogen-bond donors (Lipinski definition) is 2. The van der Waals surface area contributed by atoms with Crippen molar-refractivity contribution < 1.29 is 4.52 Å². The molecule has 0 spiro atoms. The molecule has 2 aromatic heterocycles. The highest BCUT2D eigenvalue weighted by molar-refractivity contribution is 7.11. The van der Waals surface area contributed by atoms with Crippen LogP contribution in [0.5, 0.6) is 0 Å². The van der Waals surface area contributed by atoms with E-state index in [4.69, 9.17) is 4.52 Å². The van der Waals surface area contributed by atoms with Gasteiger partial charge in [-0.15, -0.1) is 11.3 Å². The van der Waals surface area contributed by atoms with Gasteiger partial charge in [-0.1, -0.05) is 19.0 Å². The Hall–Kier alpha value is -1.96. The molecule has 0 amide bonds. The molecule has 2 aromatic rings. The Labute approximate surface area is 140 Å². The Morgan fingerprint density at radius 1 is 1.26 bits per heavy atom. The van der Waals surface area contributed by atoms with Gasteiger partial charge in [-0.25, -0.2) is 4.98 Å². The van der Waals surface area contributed by atoms with E-state index < -0.39 is 0 Å². The Balaban J connectivity index is 1.77. The third kappa shape index (κ3) is 5.02. The van der Waals surface area contributed by atoms with E-state index in [9.17, 15) is 0 Å². The lowest BCUT2D eigenvalue weighted by atomic mass is 10.2. The molecule has 0 bridgehead atoms. The standard InChI is InChI=1S/C15H24N6OS/c1-9(2)14-20-13(22-21-14)6-7-17-15(16-5)18-8-12-10(3)19-11(4)23-12/h9H,6-8H2,1-5H3,(H2,16,17,18). The maximum atomic E-state index is 5.22. The Morgan fingerprint density at radius 2 is 2.04 bits per heavy atom. The molecule has 0 saturated heterocycles. The summed E-state index contributed by atoms with van der Waals surface area (Å²) in [6.07, 6.45) is 0.666. The van der Waals surface area contributed by atoms with Crippen molar-refractivity contribution in [3.8, 4) is 0 Å². The van der Waals surface area contributed by atoms with Gasteiger partial charge in [0.2, 0.25) is 5.89 Å². The van der Waals surface area contributed by atoms with Gasteiger partial charge < -0.3 is 15.2 Å². The topological polar surface area (TPSA) is 88.2 Å². The summed E-state index contributed by atoms with van der Waals surface area (Å²) in [5.41, 5.74) is 1.07. The third-order valence-electron chi connectivity index (χ3n) is 3.27. The summed E-state index contributed by atoms with van der Waals surface area (Å²) in [7, 11) is 1.75. The van der Waals surface area contributed by atoms with Crippen LogP contribution in [0.2, 0.25) is 0 Å². The van der Waals surface area contributed by atoms with Gasteiger partial charge in [0.15, 0.2) is 11.8 Å². The minimum absolute atomic E-state index is 0.279. The van der Waals surface area contributed by atoms with Crippen LogP contribution in [0.3, 0.4) is 0 Å². The van der Waals surface area contributed by atoms with Gasteiger partial charge in [0, 0.05) is 30.8 Å². The lowest BCUT2D eigenvalue weighted by Crippen LogP contribution is -2.37. The average molecular weight is 336 g/mol. The maximum Gasteiger partial charge on any atom is 0.228 e. The van der Waals surface area contributed by atoms with Crippen LogP contribution in [0.25, 0.3) is 0 Å². The lowest BCUT2D eigenvalue weighted by Gasteiger charge is -2.10. The highest BCUT2D eigenvalue weighted by atomic mass is 32.1. The Bertz CT molecular complexity index is 661. The number of aliphatic imine (C=N–C) groups is 1. The second-order valence-corrected chi connectivity index (χ2v) is 6.83. The molecule has 23 heavy (non-hydrogen) atoms. The van der Waals surface area contributed by atoms with Crippen molar-refractivity contribution in [1.82, 2.24) is 25.8 Å². The lowest BCUT2D eigenvalue weighted by molar-refractivity contribution is 0.371. The Morgan fingerprint density at radius 3 is 2.61 bits per heavy atom. The molecular weight excluding hydrogens is 312 g/mol. The van der Waals surface area contributed by atoms with Gasteiger partial charge in [-0.05, 0) is 13.8 Å². The van der Waals surface area contributed by atoms with Gasteiger partial charge in [0.05, 0.1) is 17.2 Å². The van der Waals surface area contributed by atoms with E-state index >= 15 is 0 Å². The number of nitrogens with one attached hydrogen (secondary N) is 2. The SMILES string of the molecule is CN=C(NCCc1nc(C(C)C)no1)NCc1sc(C)nc1C. The van der Waals surface area contributed by atoms with Gasteiger partial charge in [-0.3, -0.25) is 4.99 Å². The fraction of sp³-hybridized carbons (Fsp3) is 0.600. The number of guanidine groups is 1. The number of aromatic nitrogens is 3. The van der Waals surface area contributed by atoms with E-state index in [1.165, 1.54) is 4.88 Å².